The van der Waals surface area contributed by atoms with Gasteiger partial charge in [-0.05, 0) is 12.1 Å². The van der Waals surface area contributed by atoms with Gasteiger partial charge in [0, 0.05) is 28.4 Å². The molecular formula is C18H14BrN3O2S. The van der Waals surface area contributed by atoms with Crippen molar-refractivity contribution >= 4 is 44.1 Å². The van der Waals surface area contributed by atoms with E-state index in [4.69, 9.17) is 0 Å². The number of carbonyl (C=O) groups is 2. The number of aromatic nitrogens is 2. The van der Waals surface area contributed by atoms with Gasteiger partial charge in [-0.2, -0.15) is 0 Å². The maximum absolute atomic E-state index is 12.1. The zero-order valence-corrected chi connectivity index (χ0v) is 15.5. The third-order valence-electron chi connectivity index (χ3n) is 3.44. The molecule has 126 valence electrons. The molecule has 0 aliphatic rings. The lowest BCUT2D eigenvalue weighted by Gasteiger charge is -2.02. The number of hydrogen-bond acceptors (Lipinski definition) is 5. The molecule has 25 heavy (non-hydrogen) atoms. The first-order valence-corrected chi connectivity index (χ1v) is 9.20. The monoisotopic (exact) mass is 415 g/mol. The smallest absolute Gasteiger partial charge is 0.226 e. The molecule has 0 unspecified atom stereocenters. The second-order valence-electron chi connectivity index (χ2n) is 5.26. The quantitative estimate of drug-likeness (QED) is 0.598. The van der Waals surface area contributed by atoms with E-state index in [9.17, 15) is 9.59 Å². The normalized spacial score (nSPS) is 10.4. The van der Waals surface area contributed by atoms with Gasteiger partial charge in [0.2, 0.25) is 11.0 Å². The Balaban J connectivity index is 1.54. The number of hydrogen-bond donors (Lipinski definition) is 1. The summed E-state index contributed by atoms with van der Waals surface area (Å²) in [7, 11) is 0. The zero-order valence-electron chi connectivity index (χ0n) is 13.1. The van der Waals surface area contributed by atoms with Gasteiger partial charge in [0.25, 0.3) is 0 Å². The summed E-state index contributed by atoms with van der Waals surface area (Å²) in [5.41, 5.74) is 1.55. The van der Waals surface area contributed by atoms with Gasteiger partial charge in [-0.15, -0.1) is 10.2 Å². The predicted octanol–water partition coefficient (Wildman–Crippen LogP) is 4.57. The van der Waals surface area contributed by atoms with Crippen LogP contribution in [0.3, 0.4) is 0 Å². The van der Waals surface area contributed by atoms with Crippen LogP contribution in [0, 0.1) is 0 Å². The Morgan fingerprint density at radius 3 is 2.40 bits per heavy atom. The van der Waals surface area contributed by atoms with Crippen molar-refractivity contribution in [3.05, 3.63) is 64.6 Å². The van der Waals surface area contributed by atoms with Crippen molar-refractivity contribution in [3.8, 4) is 10.6 Å². The number of Topliss-reactive ketones (excluding diaryl/α,β-unsaturated/α-hetero) is 1. The molecule has 0 aliphatic heterocycles. The topological polar surface area (TPSA) is 72.0 Å². The third kappa shape index (κ3) is 4.80. The summed E-state index contributed by atoms with van der Waals surface area (Å²) in [5.74, 6) is -0.314. The molecule has 7 heteroatoms. The van der Waals surface area contributed by atoms with E-state index in [0.717, 1.165) is 15.0 Å². The van der Waals surface area contributed by atoms with Crippen LogP contribution in [0.1, 0.15) is 23.2 Å². The number of nitrogens with one attached hydrogen (secondary N) is 1. The van der Waals surface area contributed by atoms with Crippen molar-refractivity contribution in [1.82, 2.24) is 10.2 Å². The Hall–Kier alpha value is -2.38. The summed E-state index contributed by atoms with van der Waals surface area (Å²) < 4.78 is 0.910. The minimum absolute atomic E-state index is 0.0649. The summed E-state index contributed by atoms with van der Waals surface area (Å²) in [4.78, 5) is 24.1. The third-order valence-corrected chi connectivity index (χ3v) is 4.85. The van der Waals surface area contributed by atoms with Crippen LogP contribution in [-0.4, -0.2) is 21.9 Å². The van der Waals surface area contributed by atoms with Crippen LogP contribution in [0.2, 0.25) is 0 Å². The second kappa shape index (κ2) is 8.13. The molecule has 2 aromatic carbocycles. The first kappa shape index (κ1) is 17.4. The van der Waals surface area contributed by atoms with Crippen molar-refractivity contribution in [3.63, 3.8) is 0 Å². The van der Waals surface area contributed by atoms with E-state index < -0.39 is 0 Å². The van der Waals surface area contributed by atoms with Crippen molar-refractivity contribution in [1.29, 1.82) is 0 Å². The van der Waals surface area contributed by atoms with E-state index in [-0.39, 0.29) is 24.5 Å². The number of anilines is 1. The number of rotatable bonds is 6. The molecule has 0 spiro atoms. The maximum atomic E-state index is 12.1. The van der Waals surface area contributed by atoms with Crippen LogP contribution in [0.5, 0.6) is 0 Å². The first-order chi connectivity index (χ1) is 12.1. The lowest BCUT2D eigenvalue weighted by Crippen LogP contribution is -2.13. The molecule has 1 N–H and O–H groups in total. The highest BCUT2D eigenvalue weighted by Crippen LogP contribution is 2.26. The van der Waals surface area contributed by atoms with Gasteiger partial charge in [-0.25, -0.2) is 0 Å². The van der Waals surface area contributed by atoms with Crippen molar-refractivity contribution in [2.45, 2.75) is 12.8 Å². The number of ketones is 1. The number of halogens is 1. The molecule has 0 aliphatic carbocycles. The lowest BCUT2D eigenvalue weighted by atomic mass is 10.1. The highest BCUT2D eigenvalue weighted by Gasteiger charge is 2.12. The molecule has 0 bridgehead atoms. The number of benzene rings is 2. The molecule has 0 atom stereocenters. The highest BCUT2D eigenvalue weighted by atomic mass is 79.9. The van der Waals surface area contributed by atoms with Crippen LogP contribution >= 0.6 is 27.3 Å². The fourth-order valence-electron chi connectivity index (χ4n) is 2.16. The summed E-state index contributed by atoms with van der Waals surface area (Å²) in [6.45, 7) is 0. The first-order valence-electron chi connectivity index (χ1n) is 7.59. The van der Waals surface area contributed by atoms with E-state index in [2.05, 4.69) is 31.4 Å². The van der Waals surface area contributed by atoms with Crippen molar-refractivity contribution < 1.29 is 9.59 Å². The average molecular weight is 416 g/mol. The van der Waals surface area contributed by atoms with E-state index in [1.54, 1.807) is 24.3 Å². The number of amides is 1. The highest BCUT2D eigenvalue weighted by molar-refractivity contribution is 9.10. The minimum Gasteiger partial charge on any atom is -0.301 e. The van der Waals surface area contributed by atoms with Gasteiger partial charge in [0.15, 0.2) is 5.78 Å². The fourth-order valence-corrected chi connectivity index (χ4v) is 3.19. The van der Waals surface area contributed by atoms with Gasteiger partial charge in [-0.3, -0.25) is 9.59 Å². The molecule has 0 saturated heterocycles. The van der Waals surface area contributed by atoms with E-state index >= 15 is 0 Å². The minimum atomic E-state index is -0.249. The summed E-state index contributed by atoms with van der Waals surface area (Å²) in [6.07, 6.45) is 0.257. The van der Waals surface area contributed by atoms with Gasteiger partial charge in [-0.1, -0.05) is 69.7 Å². The maximum Gasteiger partial charge on any atom is 0.226 e. The molecule has 3 aromatic rings. The molecule has 3 rings (SSSR count). The average Bonchev–Trinajstić information content (AvgIpc) is 3.09. The van der Waals surface area contributed by atoms with Crippen LogP contribution in [-0.2, 0) is 4.79 Å². The van der Waals surface area contributed by atoms with Crippen molar-refractivity contribution in [2.75, 3.05) is 5.32 Å². The Labute approximate surface area is 157 Å². The van der Waals surface area contributed by atoms with E-state index in [0.29, 0.717) is 10.7 Å². The summed E-state index contributed by atoms with van der Waals surface area (Å²) in [6, 6.07) is 16.7. The van der Waals surface area contributed by atoms with Gasteiger partial charge in [0.05, 0.1) is 0 Å². The van der Waals surface area contributed by atoms with E-state index in [1.807, 2.05) is 30.3 Å². The summed E-state index contributed by atoms with van der Waals surface area (Å²) >= 11 is 4.63. The fraction of sp³-hybridized carbons (Fsp3) is 0.111. The molecule has 1 aromatic heterocycles. The summed E-state index contributed by atoms with van der Waals surface area (Å²) in [5, 5.41) is 11.9. The van der Waals surface area contributed by atoms with Crippen LogP contribution in [0.15, 0.2) is 59.1 Å². The number of carbonyl (C=O) groups excluding carboxylic acids is 2. The molecule has 0 radical (unpaired) electrons. The molecule has 0 fully saturated rings. The van der Waals surface area contributed by atoms with Crippen LogP contribution < -0.4 is 5.32 Å². The molecule has 5 nitrogen and oxygen atoms in total. The van der Waals surface area contributed by atoms with E-state index in [1.165, 1.54) is 11.3 Å². The molecule has 1 heterocycles. The van der Waals surface area contributed by atoms with Crippen LogP contribution in [0.4, 0.5) is 5.13 Å². The largest absolute Gasteiger partial charge is 0.301 e. The molecular weight excluding hydrogens is 402 g/mol. The molecule has 1 amide bonds. The standard InChI is InChI=1S/C18H14BrN3O2S/c19-14-8-6-12(7-9-14)15(23)10-11-16(24)20-18-22-21-17(25-18)13-4-2-1-3-5-13/h1-9H,10-11H2,(H,20,22,24). The predicted molar refractivity (Wildman–Crippen MR) is 102 cm³/mol. The Morgan fingerprint density at radius 1 is 0.960 bits per heavy atom. The second-order valence-corrected chi connectivity index (χ2v) is 7.15. The van der Waals surface area contributed by atoms with Gasteiger partial charge in [0.1, 0.15) is 5.01 Å². The Kier molecular flexibility index (Phi) is 5.67. The van der Waals surface area contributed by atoms with Gasteiger partial charge < -0.3 is 5.32 Å². The van der Waals surface area contributed by atoms with Crippen molar-refractivity contribution in [2.24, 2.45) is 0 Å². The Bertz CT molecular complexity index is 879. The van der Waals surface area contributed by atoms with Crippen LogP contribution in [0.25, 0.3) is 10.6 Å². The molecule has 0 saturated carbocycles. The van der Waals surface area contributed by atoms with Gasteiger partial charge >= 0.3 is 0 Å². The number of nitrogens with zero attached hydrogens (tertiary/aromatic N) is 2. The Morgan fingerprint density at radius 2 is 1.68 bits per heavy atom. The zero-order chi connectivity index (χ0) is 17.6. The SMILES string of the molecule is O=C(CCC(=O)c1ccc(Br)cc1)Nc1nnc(-c2ccccc2)s1. The lowest BCUT2D eigenvalue weighted by molar-refractivity contribution is -0.116.